The first-order valence-electron chi connectivity index (χ1n) is 14.8. The molecule has 7 N–H and O–H groups in total. The van der Waals surface area contributed by atoms with E-state index < -0.39 is 44.6 Å². The Labute approximate surface area is 276 Å². The molecule has 0 aromatic heterocycles. The lowest BCUT2D eigenvalue weighted by molar-refractivity contribution is 0.111. The minimum Gasteiger partial charge on any atom is -0.507 e. The Bertz CT molecular complexity index is 2090. The van der Waals surface area contributed by atoms with Crippen LogP contribution in [-0.4, -0.2) is 56.2 Å². The molecule has 0 saturated carbocycles. The second-order valence-electron chi connectivity index (χ2n) is 12.1. The molecule has 0 aliphatic carbocycles. The van der Waals surface area contributed by atoms with Crippen LogP contribution in [0, 0.1) is 13.8 Å². The first kappa shape index (κ1) is 35.5. The molecule has 5 aromatic carbocycles. The zero-order chi connectivity index (χ0) is 36.0. The van der Waals surface area contributed by atoms with Crippen LogP contribution < -0.4 is 0 Å². The first-order valence-corrected chi connectivity index (χ1v) is 16.3. The maximum Gasteiger partial charge on any atom is 0.294 e. The van der Waals surface area contributed by atoms with Crippen LogP contribution in [0.5, 0.6) is 34.5 Å². The summed E-state index contributed by atoms with van der Waals surface area (Å²) in [6, 6.07) is 10.7. The quantitative estimate of drug-likeness (QED) is 0.0538. The Hall–Kier alpha value is -5.33. The summed E-state index contributed by atoms with van der Waals surface area (Å²) in [7, 11) is -4.00. The van der Waals surface area contributed by atoms with Gasteiger partial charge in [-0.05, 0) is 59.7 Å². The Morgan fingerprint density at radius 3 is 1.21 bits per heavy atom. The van der Waals surface area contributed by atoms with E-state index in [4.69, 9.17) is 4.55 Å². The number of benzene rings is 5. The number of aryl methyl sites for hydroxylation is 2. The topological polar surface area (TPSA) is 210 Å². The molecule has 0 unspecified atom stereocenters. The minimum atomic E-state index is -4.00. The van der Waals surface area contributed by atoms with Crippen LogP contribution in [0.2, 0.25) is 0 Å². The highest BCUT2D eigenvalue weighted by Crippen LogP contribution is 2.54. The number of phenolic OH excluding ortho intramolecular Hbond substituents is 6. The van der Waals surface area contributed by atoms with Crippen molar-refractivity contribution in [3.05, 3.63) is 75.8 Å². The predicted molar refractivity (Wildman–Crippen MR) is 182 cm³/mol. The van der Waals surface area contributed by atoms with Crippen LogP contribution in [0.1, 0.15) is 82.5 Å². The maximum absolute atomic E-state index is 12.0. The van der Waals surface area contributed by atoms with Crippen molar-refractivity contribution in [2.45, 2.75) is 58.3 Å². The highest BCUT2D eigenvalue weighted by molar-refractivity contribution is 7.85. The maximum atomic E-state index is 12.0. The van der Waals surface area contributed by atoms with Gasteiger partial charge in [0, 0.05) is 33.0 Å². The van der Waals surface area contributed by atoms with Gasteiger partial charge in [-0.2, -0.15) is 8.42 Å². The Morgan fingerprint density at radius 2 is 0.938 bits per heavy atom. The molecule has 0 aliphatic rings. The molecule has 0 saturated heterocycles. The van der Waals surface area contributed by atoms with Gasteiger partial charge in [0.15, 0.2) is 35.6 Å². The average Bonchev–Trinajstić information content (AvgIpc) is 3.00. The fraction of sp³-hybridized carbons (Fsp3) is 0.222. The summed E-state index contributed by atoms with van der Waals surface area (Å²) in [5, 5.41) is 66.4. The van der Waals surface area contributed by atoms with Crippen LogP contribution in [0.3, 0.4) is 0 Å². The van der Waals surface area contributed by atoms with Crippen LogP contribution in [-0.2, 0) is 10.1 Å². The van der Waals surface area contributed by atoms with Gasteiger partial charge in [-0.25, -0.2) is 0 Å². The largest absolute Gasteiger partial charge is 0.507 e. The molecule has 0 aliphatic heterocycles. The van der Waals surface area contributed by atoms with Crippen molar-refractivity contribution in [1.29, 1.82) is 0 Å². The number of carbonyl (C=O) groups excluding carboxylic acids is 2. The third-order valence-electron chi connectivity index (χ3n) is 8.27. The van der Waals surface area contributed by atoms with E-state index in [-0.39, 0.29) is 49.8 Å². The summed E-state index contributed by atoms with van der Waals surface area (Å²) < 4.78 is 29.2. The van der Waals surface area contributed by atoms with E-state index in [2.05, 4.69) is 0 Å². The van der Waals surface area contributed by atoms with E-state index in [1.165, 1.54) is 12.1 Å². The molecule has 0 heterocycles. The number of aromatic hydroxyl groups is 6. The van der Waals surface area contributed by atoms with Crippen LogP contribution >= 0.6 is 0 Å². The summed E-state index contributed by atoms with van der Waals surface area (Å²) in [5.41, 5.74) is 1.33. The van der Waals surface area contributed by atoms with Crippen molar-refractivity contribution in [1.82, 2.24) is 0 Å². The number of carbonyl (C=O) groups is 2. The molecule has 0 atom stereocenters. The van der Waals surface area contributed by atoms with Gasteiger partial charge in [0.2, 0.25) is 0 Å². The summed E-state index contributed by atoms with van der Waals surface area (Å²) in [6.07, 6.45) is 0.682. The van der Waals surface area contributed by atoms with Crippen molar-refractivity contribution in [2.75, 3.05) is 0 Å². The number of hydrogen-bond donors (Lipinski definition) is 7. The third-order valence-corrected chi connectivity index (χ3v) is 9.13. The van der Waals surface area contributed by atoms with Crippen molar-refractivity contribution < 1.29 is 53.2 Å². The fourth-order valence-corrected chi connectivity index (χ4v) is 6.70. The van der Waals surface area contributed by atoms with Crippen molar-refractivity contribution >= 4 is 44.2 Å². The molecular weight excluding hydrogens is 640 g/mol. The van der Waals surface area contributed by atoms with Gasteiger partial charge in [-0.15, -0.1) is 0 Å². The van der Waals surface area contributed by atoms with Gasteiger partial charge in [0.05, 0.1) is 16.0 Å². The lowest BCUT2D eigenvalue weighted by atomic mass is 9.83. The van der Waals surface area contributed by atoms with E-state index in [9.17, 15) is 48.6 Å². The zero-order valence-electron chi connectivity index (χ0n) is 27.0. The summed E-state index contributed by atoms with van der Waals surface area (Å²) >= 11 is 0. The van der Waals surface area contributed by atoms with Gasteiger partial charge in [-0.1, -0.05) is 58.0 Å². The molecule has 11 nitrogen and oxygen atoms in total. The molecule has 48 heavy (non-hydrogen) atoms. The summed E-state index contributed by atoms with van der Waals surface area (Å²) in [4.78, 5) is 23.9. The Kier molecular flexibility index (Phi) is 9.66. The van der Waals surface area contributed by atoms with Crippen molar-refractivity contribution in [3.8, 4) is 45.6 Å². The highest BCUT2D eigenvalue weighted by atomic mass is 32.2. The molecule has 0 fully saturated rings. The van der Waals surface area contributed by atoms with Gasteiger partial charge < -0.3 is 30.6 Å². The molecule has 252 valence electrons. The summed E-state index contributed by atoms with van der Waals surface area (Å²) in [5.74, 6) is -3.57. The number of hydrogen-bond acceptors (Lipinski definition) is 10. The van der Waals surface area contributed by atoms with E-state index in [1.54, 1.807) is 71.9 Å². The normalized spacial score (nSPS) is 11.6. The van der Waals surface area contributed by atoms with Crippen molar-refractivity contribution in [3.63, 3.8) is 0 Å². The van der Waals surface area contributed by atoms with Gasteiger partial charge in [-0.3, -0.25) is 14.1 Å². The molecule has 0 bridgehead atoms. The zero-order valence-corrected chi connectivity index (χ0v) is 27.8. The predicted octanol–water partition coefficient (Wildman–Crippen LogP) is 7.32. The van der Waals surface area contributed by atoms with E-state index in [0.29, 0.717) is 45.6 Å². The van der Waals surface area contributed by atoms with E-state index in [0.717, 1.165) is 0 Å². The second-order valence-corrected chi connectivity index (χ2v) is 13.5. The number of phenols is 6. The number of rotatable bonds is 6. The Morgan fingerprint density at radius 1 is 0.583 bits per heavy atom. The Balaban J connectivity index is 0.000000445. The van der Waals surface area contributed by atoms with Crippen LogP contribution in [0.25, 0.3) is 32.7 Å². The standard InChI is InChI=1S/C30H30O8.C6H6O3S/c1-11(2)19-15-7-13(5)21(27(35)23(15)17(9-31)25(33)29(19)37)22-14(6)8-16-20(12(3)4)30(38)26(34)18(10-32)24(16)28(22)36;7-10(8,9)6-4-2-1-3-5-6/h7-12,33-38H,1-6H3;1-5H,(H,7,8,9). The summed E-state index contributed by atoms with van der Waals surface area (Å²) in [6.45, 7) is 10.5. The molecule has 12 heteroatoms. The van der Waals surface area contributed by atoms with E-state index in [1.807, 2.05) is 0 Å². The minimum absolute atomic E-state index is 0.00512. The molecule has 5 aromatic rings. The van der Waals surface area contributed by atoms with Gasteiger partial charge in [0.1, 0.15) is 11.5 Å². The monoisotopic (exact) mass is 676 g/mol. The molecule has 0 amide bonds. The molecule has 0 spiro atoms. The molecular formula is C36H36O11S. The first-order chi connectivity index (χ1) is 22.4. The lowest BCUT2D eigenvalue weighted by Gasteiger charge is -2.23. The molecule has 0 radical (unpaired) electrons. The SMILES string of the molecule is Cc1cc2c(C(C)C)c(O)c(O)c(C=O)c2c(O)c1-c1c(C)cc2c(C(C)C)c(O)c(O)c(C=O)c2c1O.O=S(=O)(O)c1ccccc1. The van der Waals surface area contributed by atoms with Gasteiger partial charge in [0.25, 0.3) is 10.1 Å². The van der Waals surface area contributed by atoms with Gasteiger partial charge >= 0.3 is 0 Å². The smallest absolute Gasteiger partial charge is 0.294 e. The molecule has 5 rings (SSSR count). The van der Waals surface area contributed by atoms with Crippen LogP contribution in [0.4, 0.5) is 0 Å². The van der Waals surface area contributed by atoms with Crippen molar-refractivity contribution in [2.24, 2.45) is 0 Å². The highest BCUT2D eigenvalue weighted by Gasteiger charge is 2.29. The van der Waals surface area contributed by atoms with E-state index >= 15 is 0 Å². The lowest BCUT2D eigenvalue weighted by Crippen LogP contribution is -2.01. The number of aldehydes is 2. The average molecular weight is 677 g/mol. The third kappa shape index (κ3) is 5.84. The number of fused-ring (bicyclic) bond motifs is 2. The van der Waals surface area contributed by atoms with Crippen LogP contribution in [0.15, 0.2) is 47.4 Å². The fourth-order valence-electron chi connectivity index (χ4n) is 6.19. The second kappa shape index (κ2) is 13.1.